The summed E-state index contributed by atoms with van der Waals surface area (Å²) < 4.78 is 10.6. The molecular weight excluding hydrogens is 431 g/mol. The van der Waals surface area contributed by atoms with Gasteiger partial charge >= 0.3 is 0 Å². The highest BCUT2D eigenvalue weighted by Crippen LogP contribution is 2.29. The van der Waals surface area contributed by atoms with Crippen molar-refractivity contribution in [3.8, 4) is 11.5 Å². The number of methoxy groups -OCH3 is 2. The van der Waals surface area contributed by atoms with Gasteiger partial charge in [0.05, 0.1) is 14.2 Å². The molecule has 0 bridgehead atoms. The number of halogens is 1. The van der Waals surface area contributed by atoms with Gasteiger partial charge in [-0.15, -0.1) is 24.0 Å². The van der Waals surface area contributed by atoms with E-state index in [1.807, 2.05) is 18.2 Å². The van der Waals surface area contributed by atoms with Gasteiger partial charge in [-0.1, -0.05) is 6.92 Å². The fraction of sp³-hybridized carbons (Fsp3) is 0.611. The van der Waals surface area contributed by atoms with E-state index >= 15 is 0 Å². The van der Waals surface area contributed by atoms with Crippen LogP contribution in [-0.2, 0) is 0 Å². The summed E-state index contributed by atoms with van der Waals surface area (Å²) in [5.41, 5.74) is 0.925. The van der Waals surface area contributed by atoms with Crippen LogP contribution < -0.4 is 20.1 Å². The van der Waals surface area contributed by atoms with Crippen LogP contribution in [-0.4, -0.2) is 57.8 Å². The van der Waals surface area contributed by atoms with Gasteiger partial charge in [0.15, 0.2) is 17.5 Å². The summed E-state index contributed by atoms with van der Waals surface area (Å²) in [6, 6.07) is 5.77. The minimum absolute atomic E-state index is 0. The maximum absolute atomic E-state index is 5.35. The Kier molecular flexibility index (Phi) is 9.96. The minimum Gasteiger partial charge on any atom is -0.493 e. The molecule has 6 nitrogen and oxygen atoms in total. The van der Waals surface area contributed by atoms with E-state index in [9.17, 15) is 0 Å². The third kappa shape index (κ3) is 6.54. The lowest BCUT2D eigenvalue weighted by atomic mass is 10.1. The zero-order chi connectivity index (χ0) is 17.4. The fourth-order valence-electron chi connectivity index (χ4n) is 2.93. The van der Waals surface area contributed by atoms with Gasteiger partial charge in [-0.25, -0.2) is 0 Å². The number of guanidine groups is 1. The Morgan fingerprint density at radius 3 is 2.60 bits per heavy atom. The number of nitrogens with one attached hydrogen (secondary N) is 2. The molecule has 25 heavy (non-hydrogen) atoms. The first-order chi connectivity index (χ1) is 11.7. The van der Waals surface area contributed by atoms with Crippen LogP contribution in [0.2, 0.25) is 0 Å². The molecule has 1 unspecified atom stereocenters. The molecule has 142 valence electrons. The Balaban J connectivity index is 0.00000312. The van der Waals surface area contributed by atoms with Crippen LogP contribution in [0, 0.1) is 5.92 Å². The Morgan fingerprint density at radius 2 is 2.00 bits per heavy atom. The van der Waals surface area contributed by atoms with E-state index in [2.05, 4.69) is 29.4 Å². The van der Waals surface area contributed by atoms with Gasteiger partial charge in [0.1, 0.15) is 0 Å². The molecule has 1 aromatic carbocycles. The summed E-state index contributed by atoms with van der Waals surface area (Å²) in [5, 5.41) is 6.64. The number of ether oxygens (including phenoxy) is 2. The monoisotopic (exact) mass is 462 g/mol. The van der Waals surface area contributed by atoms with Crippen LogP contribution in [0.15, 0.2) is 23.2 Å². The molecule has 0 amide bonds. The zero-order valence-corrected chi connectivity index (χ0v) is 18.0. The van der Waals surface area contributed by atoms with E-state index in [0.717, 1.165) is 43.6 Å². The van der Waals surface area contributed by atoms with E-state index in [1.165, 1.54) is 13.0 Å². The number of rotatable bonds is 7. The van der Waals surface area contributed by atoms with Crippen molar-refractivity contribution >= 4 is 35.6 Å². The van der Waals surface area contributed by atoms with Crippen molar-refractivity contribution in [3.63, 3.8) is 0 Å². The highest BCUT2D eigenvalue weighted by atomic mass is 127. The summed E-state index contributed by atoms with van der Waals surface area (Å²) >= 11 is 0. The lowest BCUT2D eigenvalue weighted by Gasteiger charge is -2.15. The predicted octanol–water partition coefficient (Wildman–Crippen LogP) is 3.04. The van der Waals surface area contributed by atoms with Crippen LogP contribution in [0.3, 0.4) is 0 Å². The second kappa shape index (κ2) is 11.4. The number of aliphatic imine (C=N–C) groups is 1. The van der Waals surface area contributed by atoms with Crippen LogP contribution in [0.5, 0.6) is 11.5 Å². The number of nitrogens with zero attached hydrogens (tertiary/aromatic N) is 2. The molecule has 7 heteroatoms. The van der Waals surface area contributed by atoms with Gasteiger partial charge in [-0.3, -0.25) is 4.99 Å². The third-order valence-corrected chi connectivity index (χ3v) is 4.32. The fourth-order valence-corrected chi connectivity index (χ4v) is 2.93. The highest BCUT2D eigenvalue weighted by Gasteiger charge is 2.20. The minimum atomic E-state index is 0. The average Bonchev–Trinajstić information content (AvgIpc) is 3.08. The SMILES string of the molecule is CCNC(=NCC1CCN(CC)C1)Nc1ccc(OC)c(OC)c1.I. The number of hydrogen-bond donors (Lipinski definition) is 2. The number of likely N-dealkylation sites (tertiary alicyclic amines) is 1. The van der Waals surface area contributed by atoms with Gasteiger partial charge < -0.3 is 25.0 Å². The van der Waals surface area contributed by atoms with Crippen LogP contribution in [0.4, 0.5) is 5.69 Å². The Morgan fingerprint density at radius 1 is 1.24 bits per heavy atom. The van der Waals surface area contributed by atoms with Crippen molar-refractivity contribution in [2.24, 2.45) is 10.9 Å². The molecule has 0 aromatic heterocycles. The lowest BCUT2D eigenvalue weighted by Crippen LogP contribution is -2.31. The van der Waals surface area contributed by atoms with Gasteiger partial charge in [0.25, 0.3) is 0 Å². The van der Waals surface area contributed by atoms with E-state index in [4.69, 9.17) is 14.5 Å². The first-order valence-electron chi connectivity index (χ1n) is 8.69. The second-order valence-corrected chi connectivity index (χ2v) is 5.96. The van der Waals surface area contributed by atoms with Crippen LogP contribution >= 0.6 is 24.0 Å². The molecule has 2 N–H and O–H groups in total. The quantitative estimate of drug-likeness (QED) is 0.371. The number of anilines is 1. The highest BCUT2D eigenvalue weighted by molar-refractivity contribution is 14.0. The maximum Gasteiger partial charge on any atom is 0.195 e. The van der Waals surface area contributed by atoms with E-state index in [1.54, 1.807) is 14.2 Å². The molecule has 1 saturated heterocycles. The molecule has 0 radical (unpaired) electrons. The van der Waals surface area contributed by atoms with Crippen molar-refractivity contribution in [1.29, 1.82) is 0 Å². The standard InChI is InChI=1S/C18H30N4O2.HI/c1-5-19-18(20-12-14-9-10-22(6-2)13-14)21-15-7-8-16(23-3)17(11-15)24-4;/h7-8,11,14H,5-6,9-10,12-13H2,1-4H3,(H2,19,20,21);1H. The van der Waals surface area contributed by atoms with Crippen LogP contribution in [0.25, 0.3) is 0 Å². The maximum atomic E-state index is 5.35. The van der Waals surface area contributed by atoms with Crippen molar-refractivity contribution < 1.29 is 9.47 Å². The summed E-state index contributed by atoms with van der Waals surface area (Å²) in [6.45, 7) is 9.43. The van der Waals surface area contributed by atoms with E-state index in [0.29, 0.717) is 11.7 Å². The smallest absolute Gasteiger partial charge is 0.195 e. The number of hydrogen-bond acceptors (Lipinski definition) is 4. The van der Waals surface area contributed by atoms with E-state index < -0.39 is 0 Å². The normalized spacial score (nSPS) is 17.8. The Labute approximate surface area is 168 Å². The second-order valence-electron chi connectivity index (χ2n) is 5.96. The van der Waals surface area contributed by atoms with Crippen molar-refractivity contribution in [3.05, 3.63) is 18.2 Å². The molecular formula is C18H31IN4O2. The average molecular weight is 462 g/mol. The predicted molar refractivity (Wildman–Crippen MR) is 115 cm³/mol. The molecule has 2 rings (SSSR count). The number of benzene rings is 1. The summed E-state index contributed by atoms with van der Waals surface area (Å²) in [7, 11) is 3.28. The van der Waals surface area contributed by atoms with Gasteiger partial charge in [0.2, 0.25) is 0 Å². The summed E-state index contributed by atoms with van der Waals surface area (Å²) in [5.74, 6) is 2.87. The molecule has 1 aliphatic rings. The zero-order valence-electron chi connectivity index (χ0n) is 15.7. The van der Waals surface area contributed by atoms with Crippen molar-refractivity contribution in [2.75, 3.05) is 52.3 Å². The molecule has 0 aliphatic carbocycles. The Bertz CT molecular complexity index is 554. The summed E-state index contributed by atoms with van der Waals surface area (Å²) in [6.07, 6.45) is 1.23. The topological polar surface area (TPSA) is 58.1 Å². The van der Waals surface area contributed by atoms with Crippen molar-refractivity contribution in [2.45, 2.75) is 20.3 Å². The Hall–Kier alpha value is -1.22. The van der Waals surface area contributed by atoms with Crippen molar-refractivity contribution in [1.82, 2.24) is 10.2 Å². The molecule has 1 heterocycles. The van der Waals surface area contributed by atoms with Gasteiger partial charge in [-0.05, 0) is 44.5 Å². The van der Waals surface area contributed by atoms with Gasteiger partial charge in [-0.2, -0.15) is 0 Å². The molecule has 1 aromatic rings. The molecule has 1 fully saturated rings. The molecule has 0 spiro atoms. The largest absolute Gasteiger partial charge is 0.493 e. The summed E-state index contributed by atoms with van der Waals surface area (Å²) in [4.78, 5) is 7.23. The van der Waals surface area contributed by atoms with Gasteiger partial charge in [0, 0.05) is 31.4 Å². The molecule has 0 saturated carbocycles. The first kappa shape index (κ1) is 21.8. The molecule has 1 atom stereocenters. The molecule has 1 aliphatic heterocycles. The first-order valence-corrected chi connectivity index (χ1v) is 8.69. The lowest BCUT2D eigenvalue weighted by molar-refractivity contribution is 0.344. The van der Waals surface area contributed by atoms with Crippen LogP contribution in [0.1, 0.15) is 20.3 Å². The third-order valence-electron chi connectivity index (χ3n) is 4.32. The van der Waals surface area contributed by atoms with E-state index in [-0.39, 0.29) is 24.0 Å².